The van der Waals surface area contributed by atoms with Crippen molar-refractivity contribution >= 4 is 17.4 Å². The fourth-order valence-corrected chi connectivity index (χ4v) is 4.61. The molecule has 7 heteroatoms. The largest absolute Gasteiger partial charge is 0.506 e. The summed E-state index contributed by atoms with van der Waals surface area (Å²) >= 11 is 0.952. The number of nitrogens with zero attached hydrogens (tertiary/aromatic N) is 2. The minimum absolute atomic E-state index is 0.0463. The van der Waals surface area contributed by atoms with Gasteiger partial charge in [0, 0.05) is 23.0 Å². The molecule has 0 aliphatic heterocycles. The van der Waals surface area contributed by atoms with Crippen LogP contribution in [0.15, 0.2) is 69.2 Å². The van der Waals surface area contributed by atoms with Crippen LogP contribution < -0.4 is 5.56 Å². The smallest absolute Gasteiger partial charge is 0.283 e. The van der Waals surface area contributed by atoms with Gasteiger partial charge >= 0.3 is 0 Å². The lowest BCUT2D eigenvalue weighted by atomic mass is 9.94. The van der Waals surface area contributed by atoms with Crippen molar-refractivity contribution in [2.24, 2.45) is 0 Å². The van der Waals surface area contributed by atoms with Gasteiger partial charge in [-0.25, -0.2) is 0 Å². The van der Waals surface area contributed by atoms with Gasteiger partial charge < -0.3 is 5.11 Å². The van der Waals surface area contributed by atoms with Crippen molar-refractivity contribution in [2.45, 2.75) is 35.5 Å². The summed E-state index contributed by atoms with van der Waals surface area (Å²) in [7, 11) is 0. The molecule has 0 atom stereocenters. The van der Waals surface area contributed by atoms with Crippen LogP contribution in [0.25, 0.3) is 5.69 Å². The maximum atomic E-state index is 13.4. The Morgan fingerprint density at radius 3 is 2.43 bits per heavy atom. The first kappa shape index (κ1) is 18.3. The highest BCUT2D eigenvalue weighted by atomic mass is 32.2. The summed E-state index contributed by atoms with van der Waals surface area (Å²) < 4.78 is 1.64. The van der Waals surface area contributed by atoms with E-state index < -0.39 is 4.92 Å². The molecule has 0 unspecified atom stereocenters. The Balaban J connectivity index is 1.94. The molecule has 0 spiro atoms. The Morgan fingerprint density at radius 1 is 1.00 bits per heavy atom. The Kier molecular flexibility index (Phi) is 4.92. The van der Waals surface area contributed by atoms with E-state index in [-0.39, 0.29) is 21.9 Å². The monoisotopic (exact) mass is 394 g/mol. The number of rotatable bonds is 4. The van der Waals surface area contributed by atoms with E-state index in [9.17, 15) is 20.0 Å². The minimum atomic E-state index is -0.479. The van der Waals surface area contributed by atoms with Crippen LogP contribution >= 0.6 is 11.8 Å². The number of fused-ring (bicyclic) bond motifs is 1. The third-order valence-corrected chi connectivity index (χ3v) is 6.03. The van der Waals surface area contributed by atoms with Crippen LogP contribution in [-0.4, -0.2) is 14.6 Å². The predicted octanol–water partition coefficient (Wildman–Crippen LogP) is 4.48. The van der Waals surface area contributed by atoms with Gasteiger partial charge in [0.1, 0.15) is 10.6 Å². The number of para-hydroxylation sites is 2. The number of hydrogen-bond acceptors (Lipinski definition) is 5. The molecule has 1 aliphatic rings. The van der Waals surface area contributed by atoms with Gasteiger partial charge in [-0.1, -0.05) is 42.1 Å². The van der Waals surface area contributed by atoms with Crippen LogP contribution in [0.2, 0.25) is 0 Å². The van der Waals surface area contributed by atoms with Crippen molar-refractivity contribution in [1.82, 2.24) is 4.57 Å². The van der Waals surface area contributed by atoms with Crippen molar-refractivity contribution < 1.29 is 10.0 Å². The number of aromatic hydroxyl groups is 1. The average molecular weight is 394 g/mol. The molecule has 0 radical (unpaired) electrons. The molecule has 0 saturated carbocycles. The molecular weight excluding hydrogens is 376 g/mol. The van der Waals surface area contributed by atoms with E-state index in [4.69, 9.17) is 0 Å². The molecule has 0 amide bonds. The molecule has 0 fully saturated rings. The average Bonchev–Trinajstić information content (AvgIpc) is 2.72. The second kappa shape index (κ2) is 7.52. The summed E-state index contributed by atoms with van der Waals surface area (Å²) in [5, 5.41) is 22.2. The first-order chi connectivity index (χ1) is 13.6. The van der Waals surface area contributed by atoms with Crippen molar-refractivity contribution in [3.05, 3.63) is 86.3 Å². The lowest BCUT2D eigenvalue weighted by Gasteiger charge is -2.24. The predicted molar refractivity (Wildman–Crippen MR) is 108 cm³/mol. The van der Waals surface area contributed by atoms with Gasteiger partial charge in [-0.15, -0.1) is 0 Å². The van der Waals surface area contributed by atoms with Crippen LogP contribution in [0.4, 0.5) is 5.69 Å². The number of hydrogen-bond donors (Lipinski definition) is 1. The Morgan fingerprint density at radius 2 is 1.68 bits per heavy atom. The summed E-state index contributed by atoms with van der Waals surface area (Å²) in [4.78, 5) is 24.7. The van der Waals surface area contributed by atoms with Gasteiger partial charge in [-0.3, -0.25) is 19.5 Å². The third-order valence-electron chi connectivity index (χ3n) is 4.90. The summed E-state index contributed by atoms with van der Waals surface area (Å²) in [6, 6.07) is 15.6. The van der Waals surface area contributed by atoms with E-state index in [2.05, 4.69) is 0 Å². The lowest BCUT2D eigenvalue weighted by molar-refractivity contribution is -0.387. The van der Waals surface area contributed by atoms with Crippen molar-refractivity contribution in [1.29, 1.82) is 0 Å². The highest BCUT2D eigenvalue weighted by Gasteiger charge is 2.26. The molecule has 1 aliphatic carbocycles. The molecular formula is C21H18N2O4S. The first-order valence-corrected chi connectivity index (χ1v) is 9.86. The van der Waals surface area contributed by atoms with Gasteiger partial charge in [0.2, 0.25) is 0 Å². The molecule has 0 saturated heterocycles. The fraction of sp³-hybridized carbons (Fsp3) is 0.190. The number of nitro groups is 1. The van der Waals surface area contributed by atoms with Gasteiger partial charge in [0.05, 0.1) is 9.82 Å². The van der Waals surface area contributed by atoms with Crippen LogP contribution in [0.1, 0.15) is 24.1 Å². The standard InChI is InChI=1S/C21H18N2O4S/c24-19-15-10-4-5-11-16(15)22(14-8-2-1-3-9-14)21(25)20(19)28-18-13-7-6-12-17(18)23(26)27/h1-3,6-9,12-13,24H,4-5,10-11H2. The zero-order chi connectivity index (χ0) is 19.7. The van der Waals surface area contributed by atoms with Gasteiger partial charge in [0.25, 0.3) is 11.2 Å². The van der Waals surface area contributed by atoms with Gasteiger partial charge in [0.15, 0.2) is 0 Å². The highest BCUT2D eigenvalue weighted by Crippen LogP contribution is 2.41. The normalized spacial score (nSPS) is 13.1. The lowest BCUT2D eigenvalue weighted by Crippen LogP contribution is -2.27. The molecule has 6 nitrogen and oxygen atoms in total. The van der Waals surface area contributed by atoms with Crippen LogP contribution in [0.5, 0.6) is 5.75 Å². The highest BCUT2D eigenvalue weighted by molar-refractivity contribution is 7.99. The Labute approximate surface area is 165 Å². The van der Waals surface area contributed by atoms with Crippen molar-refractivity contribution in [3.8, 4) is 11.4 Å². The van der Waals surface area contributed by atoms with Crippen LogP contribution in [0.3, 0.4) is 0 Å². The SMILES string of the molecule is O=c1c(Sc2ccccc2[N+](=O)[O-])c(O)c2c(n1-c1ccccc1)CCCC2. The second-order valence-electron chi connectivity index (χ2n) is 6.61. The van der Waals surface area contributed by atoms with Crippen LogP contribution in [-0.2, 0) is 12.8 Å². The number of benzene rings is 2. The molecule has 1 heterocycles. The van der Waals surface area contributed by atoms with Crippen molar-refractivity contribution in [3.63, 3.8) is 0 Å². The molecule has 1 aromatic heterocycles. The zero-order valence-corrected chi connectivity index (χ0v) is 15.8. The second-order valence-corrected chi connectivity index (χ2v) is 7.67. The molecule has 3 aromatic rings. The molecule has 142 valence electrons. The third kappa shape index (κ3) is 3.18. The molecule has 2 aromatic carbocycles. The quantitative estimate of drug-likeness (QED) is 0.521. The summed E-state index contributed by atoms with van der Waals surface area (Å²) in [6.07, 6.45) is 3.28. The van der Waals surface area contributed by atoms with E-state index in [0.717, 1.165) is 41.5 Å². The molecule has 0 bridgehead atoms. The van der Waals surface area contributed by atoms with E-state index >= 15 is 0 Å². The minimum Gasteiger partial charge on any atom is -0.506 e. The zero-order valence-electron chi connectivity index (χ0n) is 15.0. The van der Waals surface area contributed by atoms with E-state index in [0.29, 0.717) is 17.7 Å². The van der Waals surface area contributed by atoms with E-state index in [1.807, 2.05) is 30.3 Å². The summed E-state index contributed by atoms with van der Waals surface area (Å²) in [6.45, 7) is 0. The maximum absolute atomic E-state index is 13.4. The number of nitro benzene ring substituents is 1. The fourth-order valence-electron chi connectivity index (χ4n) is 3.60. The van der Waals surface area contributed by atoms with Gasteiger partial charge in [-0.05, 0) is 43.9 Å². The molecule has 28 heavy (non-hydrogen) atoms. The number of pyridine rings is 1. The Hall–Kier alpha value is -3.06. The van der Waals surface area contributed by atoms with E-state index in [1.165, 1.54) is 6.07 Å². The van der Waals surface area contributed by atoms with Crippen LogP contribution in [0, 0.1) is 10.1 Å². The van der Waals surface area contributed by atoms with Crippen molar-refractivity contribution in [2.75, 3.05) is 0 Å². The molecule has 1 N–H and O–H groups in total. The summed E-state index contributed by atoms with van der Waals surface area (Å²) in [5.74, 6) is -0.0463. The van der Waals surface area contributed by atoms with Gasteiger partial charge in [-0.2, -0.15) is 0 Å². The van der Waals surface area contributed by atoms with E-state index in [1.54, 1.807) is 22.8 Å². The Bertz CT molecular complexity index is 1110. The first-order valence-electron chi connectivity index (χ1n) is 9.04. The number of aromatic nitrogens is 1. The maximum Gasteiger partial charge on any atom is 0.283 e. The topological polar surface area (TPSA) is 85.4 Å². The summed E-state index contributed by atoms with van der Waals surface area (Å²) in [5.41, 5.74) is 1.88. The molecule has 4 rings (SSSR count).